The van der Waals surface area contributed by atoms with Crippen molar-refractivity contribution >= 4 is 28.4 Å². The summed E-state index contributed by atoms with van der Waals surface area (Å²) in [6.07, 6.45) is 3.44. The summed E-state index contributed by atoms with van der Waals surface area (Å²) in [4.78, 5) is 4.33. The van der Waals surface area contributed by atoms with Crippen molar-refractivity contribution in [3.05, 3.63) is 23.9 Å². The molecule has 2 N–H and O–H groups in total. The van der Waals surface area contributed by atoms with Gasteiger partial charge in [-0.2, -0.15) is 17.0 Å². The van der Waals surface area contributed by atoms with E-state index in [4.69, 9.17) is 9.47 Å². The molecule has 0 fully saturated rings. The number of thioether (sulfide) groups is 1. The number of nitrogens with zero attached hydrogens (tertiary/aromatic N) is 2. The highest BCUT2D eigenvalue weighted by molar-refractivity contribution is 7.98. The Morgan fingerprint density at radius 3 is 2.71 bits per heavy atom. The Balaban J connectivity index is 2.55. The summed E-state index contributed by atoms with van der Waals surface area (Å²) < 4.78 is 10.7. The van der Waals surface area contributed by atoms with E-state index >= 15 is 0 Å². The number of ether oxygens (including phenoxy) is 2. The van der Waals surface area contributed by atoms with E-state index in [1.165, 1.54) is 6.20 Å². The van der Waals surface area contributed by atoms with Crippen molar-refractivity contribution in [1.82, 2.24) is 4.98 Å². The van der Waals surface area contributed by atoms with Gasteiger partial charge in [-0.1, -0.05) is 0 Å². The first-order valence-corrected chi connectivity index (χ1v) is 8.75. The lowest BCUT2D eigenvalue weighted by molar-refractivity contribution is 0.0997. The van der Waals surface area contributed by atoms with Crippen LogP contribution in [-0.2, 0) is 0 Å². The number of rotatable bonds is 7. The largest absolute Gasteiger partial charge is 0.497 e. The van der Waals surface area contributed by atoms with E-state index in [2.05, 4.69) is 16.4 Å². The second-order valence-electron chi connectivity index (χ2n) is 5.67. The van der Waals surface area contributed by atoms with Gasteiger partial charge in [0.05, 0.1) is 31.1 Å². The van der Waals surface area contributed by atoms with E-state index in [0.29, 0.717) is 46.0 Å². The Bertz CT molecular complexity index is 772. The van der Waals surface area contributed by atoms with Crippen LogP contribution >= 0.6 is 11.8 Å². The molecule has 1 aromatic heterocycles. The Morgan fingerprint density at radius 1 is 1.38 bits per heavy atom. The Hall–Kier alpha value is -2.17. The number of aliphatic hydroxyl groups is 1. The highest BCUT2D eigenvalue weighted by Crippen LogP contribution is 2.35. The van der Waals surface area contributed by atoms with Gasteiger partial charge in [0.2, 0.25) is 0 Å². The maximum atomic E-state index is 10.4. The van der Waals surface area contributed by atoms with Crippen LogP contribution in [0.25, 0.3) is 10.9 Å². The minimum absolute atomic E-state index is 0.307. The predicted molar refractivity (Wildman–Crippen MR) is 97.1 cm³/mol. The third-order valence-electron chi connectivity index (χ3n) is 3.59. The van der Waals surface area contributed by atoms with Crippen molar-refractivity contribution in [2.24, 2.45) is 0 Å². The van der Waals surface area contributed by atoms with Crippen LogP contribution in [0, 0.1) is 11.3 Å². The molecule has 0 aliphatic heterocycles. The Morgan fingerprint density at radius 2 is 2.12 bits per heavy atom. The molecule has 0 spiro atoms. The summed E-state index contributed by atoms with van der Waals surface area (Å²) in [6, 6.07) is 5.69. The van der Waals surface area contributed by atoms with E-state index in [-0.39, 0.29) is 0 Å². The molecule has 0 bridgehead atoms. The van der Waals surface area contributed by atoms with E-state index in [1.807, 2.05) is 6.26 Å². The number of nitrogens with one attached hydrogen (secondary N) is 1. The molecule has 0 amide bonds. The number of fused-ring (bicyclic) bond motifs is 1. The minimum Gasteiger partial charge on any atom is -0.497 e. The van der Waals surface area contributed by atoms with Crippen molar-refractivity contribution in [2.45, 2.75) is 12.5 Å². The topological polar surface area (TPSA) is 87.4 Å². The lowest BCUT2D eigenvalue weighted by Gasteiger charge is -2.24. The van der Waals surface area contributed by atoms with Crippen LogP contribution in [0.2, 0.25) is 0 Å². The average molecular weight is 347 g/mol. The maximum absolute atomic E-state index is 10.4. The number of methoxy groups -OCH3 is 2. The summed E-state index contributed by atoms with van der Waals surface area (Å²) in [5.74, 6) is 1.75. The monoisotopic (exact) mass is 347 g/mol. The van der Waals surface area contributed by atoms with Gasteiger partial charge in [-0.3, -0.25) is 4.98 Å². The predicted octanol–water partition coefficient (Wildman–Crippen LogP) is 2.65. The Kier molecular flexibility index (Phi) is 5.75. The number of aromatic nitrogens is 1. The molecular weight excluding hydrogens is 326 g/mol. The SMILES string of the molecule is COc1cc(OC)c2ncc(C#N)c(NCC(C)(O)CSC)c2c1. The highest BCUT2D eigenvalue weighted by Gasteiger charge is 2.21. The molecule has 0 saturated carbocycles. The minimum atomic E-state index is -0.898. The quantitative estimate of drug-likeness (QED) is 0.796. The molecule has 0 aliphatic rings. The fourth-order valence-corrected chi connectivity index (χ4v) is 3.16. The third kappa shape index (κ3) is 3.83. The average Bonchev–Trinajstić information content (AvgIpc) is 2.58. The summed E-state index contributed by atoms with van der Waals surface area (Å²) >= 11 is 1.56. The van der Waals surface area contributed by atoms with Gasteiger partial charge < -0.3 is 19.9 Å². The van der Waals surface area contributed by atoms with E-state index in [0.717, 1.165) is 0 Å². The van der Waals surface area contributed by atoms with E-state index in [1.54, 1.807) is 45.0 Å². The van der Waals surface area contributed by atoms with Crippen LogP contribution in [-0.4, -0.2) is 48.5 Å². The molecule has 24 heavy (non-hydrogen) atoms. The lowest BCUT2D eigenvalue weighted by Crippen LogP contribution is -2.36. The van der Waals surface area contributed by atoms with Crippen molar-refractivity contribution in [2.75, 3.05) is 38.1 Å². The van der Waals surface area contributed by atoms with Crippen LogP contribution in [0.1, 0.15) is 12.5 Å². The van der Waals surface area contributed by atoms with Crippen molar-refractivity contribution in [3.8, 4) is 17.6 Å². The number of nitriles is 1. The molecule has 2 rings (SSSR count). The standard InChI is InChI=1S/C17H21N3O3S/c1-17(21,10-24-4)9-20-15-11(7-18)8-19-16-13(15)5-12(22-2)6-14(16)23-3/h5-6,8,21H,9-10H2,1-4H3,(H,19,20). The highest BCUT2D eigenvalue weighted by atomic mass is 32.2. The van der Waals surface area contributed by atoms with Crippen LogP contribution in [0.5, 0.6) is 11.5 Å². The molecule has 1 unspecified atom stereocenters. The zero-order chi connectivity index (χ0) is 17.7. The summed E-state index contributed by atoms with van der Waals surface area (Å²) in [7, 11) is 3.13. The van der Waals surface area contributed by atoms with Gasteiger partial charge in [-0.15, -0.1) is 0 Å². The van der Waals surface area contributed by atoms with Crippen molar-refractivity contribution < 1.29 is 14.6 Å². The summed E-state index contributed by atoms with van der Waals surface area (Å²) in [5, 5.41) is 23.7. The van der Waals surface area contributed by atoms with Gasteiger partial charge in [0.15, 0.2) is 0 Å². The van der Waals surface area contributed by atoms with Crippen molar-refractivity contribution in [3.63, 3.8) is 0 Å². The zero-order valence-corrected chi connectivity index (χ0v) is 15.0. The molecule has 6 nitrogen and oxygen atoms in total. The van der Waals surface area contributed by atoms with Crippen LogP contribution in [0.3, 0.4) is 0 Å². The molecule has 1 atom stereocenters. The number of anilines is 1. The van der Waals surface area contributed by atoms with E-state index in [9.17, 15) is 10.4 Å². The molecule has 7 heteroatoms. The zero-order valence-electron chi connectivity index (χ0n) is 14.2. The fraction of sp³-hybridized carbons (Fsp3) is 0.412. The van der Waals surface area contributed by atoms with Crippen molar-refractivity contribution in [1.29, 1.82) is 5.26 Å². The number of benzene rings is 1. The van der Waals surface area contributed by atoms with E-state index < -0.39 is 5.60 Å². The molecule has 2 aromatic rings. The second-order valence-corrected chi connectivity index (χ2v) is 6.53. The Labute approximate surface area is 145 Å². The molecule has 128 valence electrons. The first-order chi connectivity index (χ1) is 11.5. The van der Waals surface area contributed by atoms with Gasteiger partial charge in [0.25, 0.3) is 0 Å². The summed E-state index contributed by atoms with van der Waals surface area (Å²) in [5.41, 5.74) is 0.744. The fourth-order valence-electron chi connectivity index (χ4n) is 2.43. The third-order valence-corrected chi connectivity index (χ3v) is 4.50. The van der Waals surface area contributed by atoms with Gasteiger partial charge in [-0.25, -0.2) is 0 Å². The smallest absolute Gasteiger partial charge is 0.148 e. The molecule has 1 heterocycles. The van der Waals surface area contributed by atoms with Crippen LogP contribution in [0.4, 0.5) is 5.69 Å². The van der Waals surface area contributed by atoms with Gasteiger partial charge in [0.1, 0.15) is 23.1 Å². The number of hydrogen-bond donors (Lipinski definition) is 2. The van der Waals surface area contributed by atoms with Crippen LogP contribution < -0.4 is 14.8 Å². The molecule has 0 radical (unpaired) electrons. The maximum Gasteiger partial charge on any atom is 0.148 e. The number of hydrogen-bond acceptors (Lipinski definition) is 7. The lowest BCUT2D eigenvalue weighted by atomic mass is 10.1. The number of pyridine rings is 1. The first-order valence-electron chi connectivity index (χ1n) is 7.35. The molecule has 0 saturated heterocycles. The second kappa shape index (κ2) is 7.60. The van der Waals surface area contributed by atoms with Gasteiger partial charge >= 0.3 is 0 Å². The normalized spacial score (nSPS) is 13.2. The first kappa shape index (κ1) is 18.2. The molecule has 0 aliphatic carbocycles. The molecular formula is C17H21N3O3S. The summed E-state index contributed by atoms with van der Waals surface area (Å²) in [6.45, 7) is 2.06. The van der Waals surface area contributed by atoms with Gasteiger partial charge in [-0.05, 0) is 19.2 Å². The molecule has 1 aromatic carbocycles. The van der Waals surface area contributed by atoms with Crippen LogP contribution in [0.15, 0.2) is 18.3 Å². The van der Waals surface area contributed by atoms with Gasteiger partial charge in [0, 0.05) is 29.9 Å².